The van der Waals surface area contributed by atoms with E-state index < -0.39 is 0 Å². The van der Waals surface area contributed by atoms with Crippen LogP contribution in [0.4, 0.5) is 0 Å². The molecule has 1 amide bonds. The van der Waals surface area contributed by atoms with E-state index >= 15 is 0 Å². The zero-order chi connectivity index (χ0) is 7.84. The van der Waals surface area contributed by atoms with Gasteiger partial charge in [-0.2, -0.15) is 0 Å². The number of carbonyl (C=O) groups excluding carboxylic acids is 1. The first-order valence-electron chi connectivity index (χ1n) is 4.04. The van der Waals surface area contributed by atoms with E-state index in [0.29, 0.717) is 0 Å². The Morgan fingerprint density at radius 2 is 2.18 bits per heavy atom. The lowest BCUT2D eigenvalue weighted by atomic mass is 9.95. The van der Waals surface area contributed by atoms with Gasteiger partial charge in [-0.05, 0) is 24.5 Å². The van der Waals surface area contributed by atoms with Gasteiger partial charge in [0.05, 0.1) is 0 Å². The predicted octanol–water partition coefficient (Wildman–Crippen LogP) is 0.832. The van der Waals surface area contributed by atoms with Crippen molar-refractivity contribution < 1.29 is 4.79 Å². The SMILES string of the molecule is CBN1C(=O)C=CC1=C1CC1. The first-order chi connectivity index (χ1) is 5.33. The van der Waals surface area contributed by atoms with Crippen LogP contribution >= 0.6 is 0 Å². The molecule has 0 bridgehead atoms. The smallest absolute Gasteiger partial charge is 0.243 e. The average molecular weight is 147 g/mol. The fourth-order valence-electron chi connectivity index (χ4n) is 1.40. The molecule has 1 aliphatic carbocycles. The van der Waals surface area contributed by atoms with Gasteiger partial charge < -0.3 is 4.81 Å². The van der Waals surface area contributed by atoms with Crippen LogP contribution in [0.3, 0.4) is 0 Å². The van der Waals surface area contributed by atoms with Crippen molar-refractivity contribution >= 4 is 13.3 Å². The maximum Gasteiger partial charge on any atom is 0.243 e. The summed E-state index contributed by atoms with van der Waals surface area (Å²) in [6.45, 7) is 2.01. The Morgan fingerprint density at radius 1 is 1.45 bits per heavy atom. The van der Waals surface area contributed by atoms with E-state index in [4.69, 9.17) is 0 Å². The van der Waals surface area contributed by atoms with Gasteiger partial charge >= 0.3 is 0 Å². The van der Waals surface area contributed by atoms with Crippen molar-refractivity contribution in [2.24, 2.45) is 0 Å². The van der Waals surface area contributed by atoms with Crippen LogP contribution in [0.15, 0.2) is 23.4 Å². The maximum absolute atomic E-state index is 11.2. The lowest BCUT2D eigenvalue weighted by Crippen LogP contribution is -2.26. The Labute approximate surface area is 66.8 Å². The molecule has 0 atom stereocenters. The van der Waals surface area contributed by atoms with Gasteiger partial charge in [0, 0.05) is 11.8 Å². The number of hydrogen-bond donors (Lipinski definition) is 0. The molecule has 0 aromatic heterocycles. The second-order valence-electron chi connectivity index (χ2n) is 2.90. The molecule has 1 fully saturated rings. The number of carbonyl (C=O) groups is 1. The zero-order valence-electron chi connectivity index (χ0n) is 6.63. The molecule has 0 aromatic rings. The van der Waals surface area contributed by atoms with E-state index in [1.807, 2.05) is 17.7 Å². The van der Waals surface area contributed by atoms with Crippen molar-refractivity contribution in [1.82, 2.24) is 4.81 Å². The quantitative estimate of drug-likeness (QED) is 0.503. The summed E-state index contributed by atoms with van der Waals surface area (Å²) in [6.07, 6.45) is 5.96. The van der Waals surface area contributed by atoms with Crippen LogP contribution < -0.4 is 0 Å². The van der Waals surface area contributed by atoms with Crippen molar-refractivity contribution in [1.29, 1.82) is 0 Å². The Bertz CT molecular complexity index is 261. The molecule has 0 N–H and O–H groups in total. The van der Waals surface area contributed by atoms with Crippen LogP contribution in [-0.4, -0.2) is 18.1 Å². The van der Waals surface area contributed by atoms with Gasteiger partial charge in [-0.15, -0.1) is 0 Å². The minimum absolute atomic E-state index is 0.141. The number of allylic oxidation sites excluding steroid dienone is 2. The molecule has 56 valence electrons. The third kappa shape index (κ3) is 1.00. The lowest BCUT2D eigenvalue weighted by Gasteiger charge is -2.14. The normalized spacial score (nSPS) is 21.5. The van der Waals surface area contributed by atoms with Crippen molar-refractivity contribution in [3.8, 4) is 0 Å². The van der Waals surface area contributed by atoms with Crippen LogP contribution in [0.2, 0.25) is 6.82 Å². The van der Waals surface area contributed by atoms with E-state index in [0.717, 1.165) is 13.1 Å². The summed E-state index contributed by atoms with van der Waals surface area (Å²) >= 11 is 0. The minimum Gasteiger partial charge on any atom is -0.358 e. The highest BCUT2D eigenvalue weighted by Gasteiger charge is 2.25. The summed E-state index contributed by atoms with van der Waals surface area (Å²) in [6, 6.07) is 0. The maximum atomic E-state index is 11.2. The lowest BCUT2D eigenvalue weighted by molar-refractivity contribution is -0.119. The molecule has 0 unspecified atom stereocenters. The van der Waals surface area contributed by atoms with Gasteiger partial charge in [0.15, 0.2) is 0 Å². The highest BCUT2D eigenvalue weighted by Crippen LogP contribution is 2.35. The molecule has 11 heavy (non-hydrogen) atoms. The van der Waals surface area contributed by atoms with Gasteiger partial charge in [-0.25, -0.2) is 0 Å². The molecule has 0 spiro atoms. The molecule has 3 heteroatoms. The van der Waals surface area contributed by atoms with Gasteiger partial charge in [-0.3, -0.25) is 4.79 Å². The Hall–Kier alpha value is -0.985. The molecule has 1 aliphatic heterocycles. The summed E-state index contributed by atoms with van der Waals surface area (Å²) in [5.74, 6) is 0.141. The number of rotatable bonds is 1. The Balaban J connectivity index is 2.30. The van der Waals surface area contributed by atoms with Crippen LogP contribution in [0.5, 0.6) is 0 Å². The van der Waals surface area contributed by atoms with Gasteiger partial charge in [0.2, 0.25) is 13.3 Å². The van der Waals surface area contributed by atoms with E-state index in [-0.39, 0.29) is 5.91 Å². The molecule has 0 saturated heterocycles. The van der Waals surface area contributed by atoms with Crippen molar-refractivity contribution in [3.63, 3.8) is 0 Å². The van der Waals surface area contributed by atoms with Crippen LogP contribution in [0.1, 0.15) is 12.8 Å². The summed E-state index contributed by atoms with van der Waals surface area (Å²) in [5, 5.41) is 0. The largest absolute Gasteiger partial charge is 0.358 e. The summed E-state index contributed by atoms with van der Waals surface area (Å²) in [5.41, 5.74) is 2.60. The second kappa shape index (κ2) is 2.26. The molecule has 2 aliphatic rings. The summed E-state index contributed by atoms with van der Waals surface area (Å²) in [4.78, 5) is 13.0. The third-order valence-electron chi connectivity index (χ3n) is 2.12. The van der Waals surface area contributed by atoms with E-state index in [9.17, 15) is 4.79 Å². The molecule has 0 radical (unpaired) electrons. The van der Waals surface area contributed by atoms with E-state index in [1.54, 1.807) is 6.08 Å². The van der Waals surface area contributed by atoms with Crippen LogP contribution in [-0.2, 0) is 4.79 Å². The van der Waals surface area contributed by atoms with Gasteiger partial charge in [0.25, 0.3) is 0 Å². The van der Waals surface area contributed by atoms with Crippen molar-refractivity contribution in [2.75, 3.05) is 0 Å². The fraction of sp³-hybridized carbons (Fsp3) is 0.375. The predicted molar refractivity (Wildman–Crippen MR) is 45.3 cm³/mol. The van der Waals surface area contributed by atoms with Crippen molar-refractivity contribution in [2.45, 2.75) is 19.7 Å². The van der Waals surface area contributed by atoms with E-state index in [1.165, 1.54) is 18.4 Å². The number of hydrogen-bond acceptors (Lipinski definition) is 1. The monoisotopic (exact) mass is 147 g/mol. The third-order valence-corrected chi connectivity index (χ3v) is 2.12. The molecule has 2 nitrogen and oxygen atoms in total. The average Bonchev–Trinajstić information content (AvgIpc) is 2.76. The second-order valence-corrected chi connectivity index (χ2v) is 2.90. The molecule has 0 aromatic carbocycles. The number of amides is 1. The minimum atomic E-state index is 0.141. The fourth-order valence-corrected chi connectivity index (χ4v) is 1.40. The topological polar surface area (TPSA) is 20.3 Å². The molecular weight excluding hydrogens is 137 g/mol. The Kier molecular flexibility index (Phi) is 1.38. The molecule has 1 heterocycles. The highest BCUT2D eigenvalue weighted by molar-refractivity contribution is 6.37. The van der Waals surface area contributed by atoms with Crippen LogP contribution in [0.25, 0.3) is 0 Å². The molecule has 2 rings (SSSR count). The first kappa shape index (κ1) is 6.71. The first-order valence-corrected chi connectivity index (χ1v) is 4.04. The Morgan fingerprint density at radius 3 is 2.73 bits per heavy atom. The standard InChI is InChI=1S/C8H10BNO/c1-9-10-7(6-2-3-6)4-5-8(10)11/h4-5,9H,2-3H2,1H3. The number of nitrogens with zero attached hydrogens (tertiary/aromatic N) is 1. The molecular formula is C8H10BNO. The van der Waals surface area contributed by atoms with Crippen LogP contribution in [0, 0.1) is 0 Å². The van der Waals surface area contributed by atoms with Gasteiger partial charge in [0.1, 0.15) is 0 Å². The van der Waals surface area contributed by atoms with Crippen molar-refractivity contribution in [3.05, 3.63) is 23.4 Å². The summed E-state index contributed by atoms with van der Waals surface area (Å²) < 4.78 is 0. The van der Waals surface area contributed by atoms with Gasteiger partial charge in [-0.1, -0.05) is 6.82 Å². The van der Waals surface area contributed by atoms with E-state index in [2.05, 4.69) is 0 Å². The zero-order valence-corrected chi connectivity index (χ0v) is 6.63. The molecule has 1 saturated carbocycles. The summed E-state index contributed by atoms with van der Waals surface area (Å²) in [7, 11) is 0.796. The highest BCUT2D eigenvalue weighted by atomic mass is 16.2.